The van der Waals surface area contributed by atoms with Gasteiger partial charge in [0.25, 0.3) is 0 Å². The lowest BCUT2D eigenvalue weighted by Gasteiger charge is -2.25. The Kier molecular flexibility index (Phi) is 4.07. The minimum atomic E-state index is -4.71. The fourth-order valence-corrected chi connectivity index (χ4v) is 2.16. The predicted octanol–water partition coefficient (Wildman–Crippen LogP) is 4.31. The molecule has 3 rings (SSSR count). The quantitative estimate of drug-likeness (QED) is 0.840. The highest BCUT2D eigenvalue weighted by molar-refractivity contribution is 5.78. The summed E-state index contributed by atoms with van der Waals surface area (Å²) in [4.78, 5) is 10.1. The predicted molar refractivity (Wildman–Crippen MR) is 83.9 cm³/mol. The van der Waals surface area contributed by atoms with Crippen LogP contribution in [0.3, 0.4) is 0 Å². The van der Waals surface area contributed by atoms with E-state index in [4.69, 9.17) is 0 Å². The van der Waals surface area contributed by atoms with Crippen molar-refractivity contribution in [2.24, 2.45) is 0 Å². The molecule has 0 aliphatic carbocycles. The summed E-state index contributed by atoms with van der Waals surface area (Å²) in [5.41, 5.74) is 2.07. The molecule has 24 heavy (non-hydrogen) atoms. The highest BCUT2D eigenvalue weighted by Gasteiger charge is 2.31. The first-order valence-electron chi connectivity index (χ1n) is 6.94. The lowest BCUT2D eigenvalue weighted by molar-refractivity contribution is -0.274. The van der Waals surface area contributed by atoms with E-state index in [0.717, 1.165) is 5.57 Å². The van der Waals surface area contributed by atoms with Gasteiger partial charge in [0.1, 0.15) is 5.75 Å². The molecule has 0 radical (unpaired) electrons. The molecular formula is C17H12F3N3O. The first-order valence-corrected chi connectivity index (χ1v) is 6.94. The Bertz CT molecular complexity index is 796. The maximum absolute atomic E-state index is 12.2. The van der Waals surface area contributed by atoms with Crippen molar-refractivity contribution in [1.29, 1.82) is 0 Å². The summed E-state index contributed by atoms with van der Waals surface area (Å²) in [6.07, 6.45) is 3.94. The molecule has 0 amide bonds. The molecule has 0 saturated heterocycles. The molecule has 0 fully saturated rings. The van der Waals surface area contributed by atoms with E-state index in [1.54, 1.807) is 35.6 Å². The normalized spacial score (nSPS) is 14.5. The van der Waals surface area contributed by atoms with Crippen LogP contribution in [0, 0.1) is 0 Å². The summed E-state index contributed by atoms with van der Waals surface area (Å²) in [6, 6.07) is 7.26. The summed E-state index contributed by atoms with van der Waals surface area (Å²) < 4.78 is 40.5. The minimum Gasteiger partial charge on any atom is -0.406 e. The van der Waals surface area contributed by atoms with Crippen LogP contribution in [0.15, 0.2) is 73.4 Å². The Labute approximate surface area is 136 Å². The van der Waals surface area contributed by atoms with E-state index in [1.807, 2.05) is 6.08 Å². The van der Waals surface area contributed by atoms with Gasteiger partial charge in [0.15, 0.2) is 5.82 Å². The number of allylic oxidation sites excluding steroid dienone is 3. The van der Waals surface area contributed by atoms with Crippen molar-refractivity contribution >= 4 is 11.3 Å². The molecule has 1 aliphatic heterocycles. The number of nitrogens with zero attached hydrogens (tertiary/aromatic N) is 3. The van der Waals surface area contributed by atoms with Crippen molar-refractivity contribution in [1.82, 2.24) is 9.97 Å². The van der Waals surface area contributed by atoms with Gasteiger partial charge < -0.3 is 9.64 Å². The Morgan fingerprint density at radius 2 is 1.67 bits per heavy atom. The van der Waals surface area contributed by atoms with Crippen LogP contribution in [0.2, 0.25) is 0 Å². The molecule has 2 aromatic rings. The summed E-state index contributed by atoms with van der Waals surface area (Å²) in [6.45, 7) is 3.92. The van der Waals surface area contributed by atoms with Crippen LogP contribution < -0.4 is 9.64 Å². The zero-order valence-corrected chi connectivity index (χ0v) is 12.4. The lowest BCUT2D eigenvalue weighted by Crippen LogP contribution is -2.18. The van der Waals surface area contributed by atoms with Crippen LogP contribution in [0.5, 0.6) is 5.75 Å². The summed E-state index contributed by atoms with van der Waals surface area (Å²) in [5, 5.41) is 0. The van der Waals surface area contributed by atoms with Crippen molar-refractivity contribution in [3.63, 3.8) is 0 Å². The zero-order valence-electron chi connectivity index (χ0n) is 12.4. The average molecular weight is 331 g/mol. The molecule has 0 saturated carbocycles. The van der Waals surface area contributed by atoms with Gasteiger partial charge in [-0.1, -0.05) is 6.58 Å². The number of rotatable bonds is 3. The fourth-order valence-electron chi connectivity index (χ4n) is 2.16. The second kappa shape index (κ2) is 6.19. The summed E-state index contributed by atoms with van der Waals surface area (Å²) >= 11 is 0. The first-order chi connectivity index (χ1) is 11.4. The van der Waals surface area contributed by atoms with Crippen LogP contribution in [-0.4, -0.2) is 16.3 Å². The molecule has 1 aliphatic rings. The molecule has 0 spiro atoms. The van der Waals surface area contributed by atoms with Gasteiger partial charge in [-0.25, -0.2) is 9.97 Å². The molecule has 122 valence electrons. The molecule has 0 bridgehead atoms. The van der Waals surface area contributed by atoms with E-state index >= 15 is 0 Å². The highest BCUT2D eigenvalue weighted by atomic mass is 19.4. The number of anilines is 1. The second-order valence-electron chi connectivity index (χ2n) is 4.89. The Balaban J connectivity index is 1.86. The van der Waals surface area contributed by atoms with Gasteiger partial charge in [-0.05, 0) is 42.5 Å². The smallest absolute Gasteiger partial charge is 0.406 e. The van der Waals surface area contributed by atoms with Crippen molar-refractivity contribution in [3.8, 4) is 5.75 Å². The highest BCUT2D eigenvalue weighted by Crippen LogP contribution is 2.30. The van der Waals surface area contributed by atoms with E-state index in [-0.39, 0.29) is 5.75 Å². The zero-order chi connectivity index (χ0) is 17.2. The molecule has 0 N–H and O–H groups in total. The number of aromatic nitrogens is 2. The molecule has 2 heterocycles. The number of hydrogen-bond donors (Lipinski definition) is 0. The largest absolute Gasteiger partial charge is 0.573 e. The Morgan fingerprint density at radius 3 is 2.29 bits per heavy atom. The number of ether oxygens (including phenoxy) is 1. The molecule has 1 aromatic heterocycles. The summed E-state index contributed by atoms with van der Waals surface area (Å²) in [5.74, 6) is 0.267. The Morgan fingerprint density at radius 1 is 1.00 bits per heavy atom. The maximum Gasteiger partial charge on any atom is 0.573 e. The Hall–Kier alpha value is -3.09. The van der Waals surface area contributed by atoms with Crippen molar-refractivity contribution in [3.05, 3.63) is 79.2 Å². The fraction of sp³-hybridized carbons (Fsp3) is 0.0588. The average Bonchev–Trinajstić information content (AvgIpc) is 2.56. The SMILES string of the molecule is C=C1C=CC(c2ncccn2)=CN1c1ccc(OC(F)(F)F)cc1. The van der Waals surface area contributed by atoms with Gasteiger partial charge >= 0.3 is 6.36 Å². The lowest BCUT2D eigenvalue weighted by atomic mass is 10.1. The van der Waals surface area contributed by atoms with E-state index < -0.39 is 6.36 Å². The third-order valence-corrected chi connectivity index (χ3v) is 3.21. The molecule has 0 atom stereocenters. The van der Waals surface area contributed by atoms with Crippen LogP contribution >= 0.6 is 0 Å². The number of benzene rings is 1. The van der Waals surface area contributed by atoms with E-state index in [0.29, 0.717) is 17.2 Å². The molecule has 7 heteroatoms. The van der Waals surface area contributed by atoms with Crippen LogP contribution in [-0.2, 0) is 0 Å². The van der Waals surface area contributed by atoms with E-state index in [2.05, 4.69) is 21.3 Å². The summed E-state index contributed by atoms with van der Waals surface area (Å²) in [7, 11) is 0. The standard InChI is InChI=1S/C17H12F3N3O/c1-12-3-4-13(16-21-9-2-10-22-16)11-23(12)14-5-7-15(8-6-14)24-17(18,19)20/h2-11H,1H2. The van der Waals surface area contributed by atoms with Gasteiger partial charge in [-0.3, -0.25) is 0 Å². The minimum absolute atomic E-state index is 0.278. The first kappa shape index (κ1) is 15.8. The number of hydrogen-bond acceptors (Lipinski definition) is 4. The van der Waals surface area contributed by atoms with Crippen molar-refractivity contribution in [2.45, 2.75) is 6.36 Å². The second-order valence-corrected chi connectivity index (χ2v) is 4.89. The molecule has 0 unspecified atom stereocenters. The number of halogens is 3. The third kappa shape index (κ3) is 3.62. The molecular weight excluding hydrogens is 319 g/mol. The third-order valence-electron chi connectivity index (χ3n) is 3.21. The van der Waals surface area contributed by atoms with Gasteiger partial charge in [-0.15, -0.1) is 13.2 Å². The molecule has 1 aromatic carbocycles. The van der Waals surface area contributed by atoms with Crippen LogP contribution in [0.1, 0.15) is 5.82 Å². The van der Waals surface area contributed by atoms with Crippen molar-refractivity contribution in [2.75, 3.05) is 4.90 Å². The van der Waals surface area contributed by atoms with Crippen molar-refractivity contribution < 1.29 is 17.9 Å². The topological polar surface area (TPSA) is 38.2 Å². The number of alkyl halides is 3. The van der Waals surface area contributed by atoms with Gasteiger partial charge in [0, 0.05) is 35.6 Å². The molecule has 4 nitrogen and oxygen atoms in total. The van der Waals surface area contributed by atoms with E-state index in [1.165, 1.54) is 24.3 Å². The maximum atomic E-state index is 12.2. The van der Waals surface area contributed by atoms with E-state index in [9.17, 15) is 13.2 Å². The van der Waals surface area contributed by atoms with Crippen LogP contribution in [0.25, 0.3) is 5.57 Å². The van der Waals surface area contributed by atoms with Gasteiger partial charge in [0.05, 0.1) is 0 Å². The monoisotopic (exact) mass is 331 g/mol. The van der Waals surface area contributed by atoms with Gasteiger partial charge in [-0.2, -0.15) is 0 Å². The van der Waals surface area contributed by atoms with Crippen LogP contribution in [0.4, 0.5) is 18.9 Å². The van der Waals surface area contributed by atoms with Gasteiger partial charge in [0.2, 0.25) is 0 Å².